The summed E-state index contributed by atoms with van der Waals surface area (Å²) in [5.41, 5.74) is 2.34. The van der Waals surface area contributed by atoms with Crippen LogP contribution in [0.2, 0.25) is 0 Å². The van der Waals surface area contributed by atoms with Crippen molar-refractivity contribution in [2.24, 2.45) is 0 Å². The van der Waals surface area contributed by atoms with Crippen LogP contribution in [0.4, 0.5) is 5.69 Å². The lowest BCUT2D eigenvalue weighted by Crippen LogP contribution is -2.11. The lowest BCUT2D eigenvalue weighted by Gasteiger charge is -2.10. The average molecular weight is 383 g/mol. The Morgan fingerprint density at radius 3 is 2.71 bits per heavy atom. The van der Waals surface area contributed by atoms with Gasteiger partial charge in [-0.3, -0.25) is 9.71 Å². The predicted octanol–water partition coefficient (Wildman–Crippen LogP) is 4.17. The number of hydrogen-bond acceptors (Lipinski definition) is 4. The van der Waals surface area contributed by atoms with Gasteiger partial charge in [-0.05, 0) is 58.7 Å². The van der Waals surface area contributed by atoms with Crippen LogP contribution in [-0.4, -0.2) is 13.4 Å². The van der Waals surface area contributed by atoms with Gasteiger partial charge in [-0.1, -0.05) is 6.07 Å². The third-order valence-electron chi connectivity index (χ3n) is 3.03. The van der Waals surface area contributed by atoms with E-state index >= 15 is 0 Å². The van der Waals surface area contributed by atoms with E-state index in [0.29, 0.717) is 5.69 Å². The fourth-order valence-electron chi connectivity index (χ4n) is 2.04. The number of anilines is 1. The molecule has 0 unspecified atom stereocenters. The summed E-state index contributed by atoms with van der Waals surface area (Å²) in [6.07, 6.45) is 1.70. The van der Waals surface area contributed by atoms with Gasteiger partial charge in [-0.25, -0.2) is 8.42 Å². The molecule has 0 bridgehead atoms. The van der Waals surface area contributed by atoms with Gasteiger partial charge in [0.2, 0.25) is 0 Å². The van der Waals surface area contributed by atoms with E-state index in [-0.39, 0.29) is 4.21 Å². The third kappa shape index (κ3) is 2.81. The molecular formula is C14H11BrN2O2S2. The molecule has 4 nitrogen and oxygen atoms in total. The van der Waals surface area contributed by atoms with Crippen molar-refractivity contribution in [2.75, 3.05) is 4.72 Å². The van der Waals surface area contributed by atoms with Crippen molar-refractivity contribution in [1.82, 2.24) is 4.98 Å². The molecule has 0 amide bonds. The van der Waals surface area contributed by atoms with Crippen LogP contribution >= 0.6 is 27.3 Å². The van der Waals surface area contributed by atoms with Crippen molar-refractivity contribution in [2.45, 2.75) is 11.1 Å². The number of fused-ring (bicyclic) bond motifs is 1. The molecular weight excluding hydrogens is 372 g/mol. The topological polar surface area (TPSA) is 59.1 Å². The SMILES string of the molecule is Cc1ccc(NS(=O)(=O)c2ccc(Br)s2)c2cccnc12. The number of benzene rings is 1. The molecule has 0 radical (unpaired) electrons. The summed E-state index contributed by atoms with van der Waals surface area (Å²) in [6.45, 7) is 1.95. The van der Waals surface area contributed by atoms with Crippen LogP contribution in [0.25, 0.3) is 10.9 Å². The summed E-state index contributed by atoms with van der Waals surface area (Å²) >= 11 is 4.45. The molecule has 0 saturated heterocycles. The van der Waals surface area contributed by atoms with Crippen LogP contribution in [0.1, 0.15) is 5.56 Å². The van der Waals surface area contributed by atoms with Crippen molar-refractivity contribution in [1.29, 1.82) is 0 Å². The highest BCUT2D eigenvalue weighted by Crippen LogP contribution is 2.30. The summed E-state index contributed by atoms with van der Waals surface area (Å²) in [7, 11) is -3.59. The first-order chi connectivity index (χ1) is 9.97. The Morgan fingerprint density at radius 2 is 2.00 bits per heavy atom. The minimum Gasteiger partial charge on any atom is -0.278 e. The molecule has 3 aromatic rings. The van der Waals surface area contributed by atoms with E-state index in [9.17, 15) is 8.42 Å². The first kappa shape index (κ1) is 14.5. The standard InChI is InChI=1S/C14H11BrN2O2S2/c1-9-4-5-11(10-3-2-8-16-14(9)10)17-21(18,19)13-7-6-12(15)20-13/h2-8,17H,1H3. The van der Waals surface area contributed by atoms with E-state index in [4.69, 9.17) is 0 Å². The molecule has 0 aliphatic rings. The quantitative estimate of drug-likeness (QED) is 0.739. The fourth-order valence-corrected chi connectivity index (χ4v) is 5.13. The molecule has 0 saturated carbocycles. The van der Waals surface area contributed by atoms with Crippen molar-refractivity contribution in [3.8, 4) is 0 Å². The number of pyridine rings is 1. The smallest absolute Gasteiger partial charge is 0.271 e. The van der Waals surface area contributed by atoms with E-state index in [1.54, 1.807) is 30.5 Å². The minimum atomic E-state index is -3.59. The van der Waals surface area contributed by atoms with E-state index < -0.39 is 10.0 Å². The van der Waals surface area contributed by atoms with Gasteiger partial charge < -0.3 is 0 Å². The number of halogens is 1. The second kappa shape index (κ2) is 5.40. The highest BCUT2D eigenvalue weighted by Gasteiger charge is 2.18. The maximum atomic E-state index is 12.4. The second-order valence-electron chi connectivity index (χ2n) is 4.49. The average Bonchev–Trinajstić information content (AvgIpc) is 2.90. The molecule has 3 rings (SSSR count). The van der Waals surface area contributed by atoms with Crippen LogP contribution in [0, 0.1) is 6.92 Å². The summed E-state index contributed by atoms with van der Waals surface area (Å²) in [5.74, 6) is 0. The zero-order chi connectivity index (χ0) is 15.0. The zero-order valence-electron chi connectivity index (χ0n) is 11.0. The largest absolute Gasteiger partial charge is 0.278 e. The van der Waals surface area contributed by atoms with Gasteiger partial charge in [-0.15, -0.1) is 11.3 Å². The summed E-state index contributed by atoms with van der Waals surface area (Å²) in [5, 5.41) is 0.789. The fraction of sp³-hybridized carbons (Fsp3) is 0.0714. The molecule has 0 atom stereocenters. The van der Waals surface area contributed by atoms with Crippen molar-refractivity contribution in [3.05, 3.63) is 51.9 Å². The minimum absolute atomic E-state index is 0.270. The Labute approximate surface area is 135 Å². The van der Waals surface area contributed by atoms with E-state index in [0.717, 1.165) is 20.3 Å². The molecule has 0 spiro atoms. The third-order valence-corrected chi connectivity index (χ3v) is 6.51. The number of rotatable bonds is 3. The van der Waals surface area contributed by atoms with Crippen LogP contribution in [0.15, 0.2) is 50.6 Å². The zero-order valence-corrected chi connectivity index (χ0v) is 14.2. The van der Waals surface area contributed by atoms with Crippen molar-refractivity contribution >= 4 is 53.9 Å². The van der Waals surface area contributed by atoms with Crippen molar-refractivity contribution < 1.29 is 8.42 Å². The number of hydrogen-bond donors (Lipinski definition) is 1. The number of sulfonamides is 1. The maximum Gasteiger partial charge on any atom is 0.271 e. The van der Waals surface area contributed by atoms with Gasteiger partial charge >= 0.3 is 0 Å². The second-order valence-corrected chi connectivity index (χ2v) is 8.87. The van der Waals surface area contributed by atoms with Gasteiger partial charge in [0.25, 0.3) is 10.0 Å². The molecule has 0 aliphatic carbocycles. The normalized spacial score (nSPS) is 11.7. The number of nitrogens with one attached hydrogen (secondary N) is 1. The molecule has 0 aliphatic heterocycles. The van der Waals surface area contributed by atoms with E-state index in [2.05, 4.69) is 25.6 Å². The molecule has 0 fully saturated rings. The van der Waals surface area contributed by atoms with Gasteiger partial charge in [-0.2, -0.15) is 0 Å². The van der Waals surface area contributed by atoms with Crippen LogP contribution < -0.4 is 4.72 Å². The Morgan fingerprint density at radius 1 is 1.19 bits per heavy atom. The molecule has 21 heavy (non-hydrogen) atoms. The molecule has 1 N–H and O–H groups in total. The Hall–Kier alpha value is -1.44. The summed E-state index contributed by atoms with van der Waals surface area (Å²) in [6, 6.07) is 10.6. The Bertz CT molecular complexity index is 920. The number of thiophene rings is 1. The summed E-state index contributed by atoms with van der Waals surface area (Å²) < 4.78 is 28.5. The molecule has 108 valence electrons. The van der Waals surface area contributed by atoms with Crippen LogP contribution in [0.3, 0.4) is 0 Å². The predicted molar refractivity (Wildman–Crippen MR) is 89.3 cm³/mol. The molecule has 7 heteroatoms. The lowest BCUT2D eigenvalue weighted by molar-refractivity contribution is 0.603. The van der Waals surface area contributed by atoms with Gasteiger partial charge in [0.05, 0.1) is 15.0 Å². The van der Waals surface area contributed by atoms with Gasteiger partial charge in [0.1, 0.15) is 4.21 Å². The molecule has 2 heterocycles. The summed E-state index contributed by atoms with van der Waals surface area (Å²) in [4.78, 5) is 4.31. The van der Waals surface area contributed by atoms with Crippen molar-refractivity contribution in [3.63, 3.8) is 0 Å². The number of nitrogens with zero attached hydrogens (tertiary/aromatic N) is 1. The van der Waals surface area contributed by atoms with E-state index in [1.807, 2.05) is 19.1 Å². The lowest BCUT2D eigenvalue weighted by atomic mass is 10.1. The van der Waals surface area contributed by atoms with Crippen LogP contribution in [0.5, 0.6) is 0 Å². The molecule has 1 aromatic carbocycles. The van der Waals surface area contributed by atoms with Gasteiger partial charge in [0, 0.05) is 11.6 Å². The number of aryl methyl sites for hydroxylation is 1. The van der Waals surface area contributed by atoms with Gasteiger partial charge in [0.15, 0.2) is 0 Å². The highest BCUT2D eigenvalue weighted by atomic mass is 79.9. The van der Waals surface area contributed by atoms with Crippen LogP contribution in [-0.2, 0) is 10.0 Å². The highest BCUT2D eigenvalue weighted by molar-refractivity contribution is 9.11. The molecule has 2 aromatic heterocycles. The Kier molecular flexibility index (Phi) is 3.73. The van der Waals surface area contributed by atoms with E-state index in [1.165, 1.54) is 11.3 Å². The first-order valence-corrected chi connectivity index (χ1v) is 9.19. The Balaban J connectivity index is 2.08. The monoisotopic (exact) mass is 382 g/mol. The maximum absolute atomic E-state index is 12.4. The number of aromatic nitrogens is 1. The first-order valence-electron chi connectivity index (χ1n) is 6.10.